The number of rotatable bonds is 10. The molecule has 1 heterocycles. The van der Waals surface area contributed by atoms with Gasteiger partial charge in [0.2, 0.25) is 0 Å². The third-order valence-corrected chi connectivity index (χ3v) is 5.81. The number of pyridine rings is 1. The number of nitrogens with zero attached hydrogens (tertiary/aromatic N) is 2. The van der Waals surface area contributed by atoms with E-state index in [0.717, 1.165) is 22.4 Å². The lowest BCUT2D eigenvalue weighted by Crippen LogP contribution is -2.54. The fraction of sp³-hybridized carbons (Fsp3) is 0.406. The Labute approximate surface area is 242 Å². The lowest BCUT2D eigenvalue weighted by Gasteiger charge is -2.31. The van der Waals surface area contributed by atoms with Crippen LogP contribution in [-0.4, -0.2) is 57.2 Å². The van der Waals surface area contributed by atoms with Crippen LogP contribution in [-0.2, 0) is 22.4 Å². The number of carbonyl (C=O) groups excluding carboxylic acids is 2. The second-order valence-corrected chi connectivity index (χ2v) is 11.9. The normalized spacial score (nSPS) is 13.3. The highest BCUT2D eigenvalue weighted by Gasteiger charge is 2.28. The van der Waals surface area contributed by atoms with E-state index in [1.54, 1.807) is 52.7 Å². The molecule has 41 heavy (non-hydrogen) atoms. The molecule has 0 unspecified atom stereocenters. The molecule has 1 aromatic heterocycles. The highest BCUT2D eigenvalue weighted by Crippen LogP contribution is 2.18. The van der Waals surface area contributed by atoms with Gasteiger partial charge in [-0.15, -0.1) is 0 Å². The van der Waals surface area contributed by atoms with E-state index in [-0.39, 0.29) is 13.1 Å². The molecular formula is C32H42N4O5. The zero-order chi connectivity index (χ0) is 30.0. The molecule has 0 saturated carbocycles. The maximum atomic E-state index is 12.7. The number of hydrazine groups is 1. The summed E-state index contributed by atoms with van der Waals surface area (Å²) in [6.07, 6.45) is -0.233. The van der Waals surface area contributed by atoms with E-state index in [4.69, 9.17) is 9.47 Å². The topological polar surface area (TPSA) is 113 Å². The van der Waals surface area contributed by atoms with Crippen molar-refractivity contribution >= 4 is 12.2 Å². The Balaban J connectivity index is 1.80. The molecule has 2 aromatic carbocycles. The largest absolute Gasteiger partial charge is 0.444 e. The van der Waals surface area contributed by atoms with E-state index in [1.807, 2.05) is 72.8 Å². The predicted octanol–water partition coefficient (Wildman–Crippen LogP) is 5.49. The molecule has 0 aliphatic rings. The first-order chi connectivity index (χ1) is 19.3. The Morgan fingerprint density at radius 2 is 1.44 bits per heavy atom. The van der Waals surface area contributed by atoms with Gasteiger partial charge in [0.05, 0.1) is 17.8 Å². The Kier molecular flexibility index (Phi) is 10.9. The van der Waals surface area contributed by atoms with Gasteiger partial charge in [-0.25, -0.2) is 14.6 Å². The summed E-state index contributed by atoms with van der Waals surface area (Å²) in [7, 11) is 0. The van der Waals surface area contributed by atoms with Gasteiger partial charge in [-0.05, 0) is 71.2 Å². The van der Waals surface area contributed by atoms with Crippen molar-refractivity contribution in [3.05, 3.63) is 90.1 Å². The summed E-state index contributed by atoms with van der Waals surface area (Å²) in [5.74, 6) is 0. The van der Waals surface area contributed by atoms with Crippen molar-refractivity contribution in [2.24, 2.45) is 0 Å². The quantitative estimate of drug-likeness (QED) is 0.277. The third-order valence-electron chi connectivity index (χ3n) is 5.81. The van der Waals surface area contributed by atoms with E-state index < -0.39 is 35.5 Å². The first kappa shape index (κ1) is 31.6. The standard InChI is InChI=1S/C32H42N4O5/c1-31(2,3)40-29(38)34-27(20-23-12-8-7-9-13-23)28(37)22-36(35-30(39)41-32(4,5)6)21-24-15-17-25(18-16-24)26-14-10-11-19-33-26/h7-19,27-28,37H,20-22H2,1-6H3,(H,34,38)(H,35,39)/t27-,28-/m0/s1/i7+1,8+1,9+1,12+1,13+1,23+1. The van der Waals surface area contributed by atoms with Gasteiger partial charge in [-0.1, -0.05) is 60.7 Å². The van der Waals surface area contributed by atoms with Crippen LogP contribution in [0.25, 0.3) is 11.3 Å². The van der Waals surface area contributed by atoms with E-state index >= 15 is 0 Å². The average Bonchev–Trinajstić information content (AvgIpc) is 2.87. The van der Waals surface area contributed by atoms with Crippen LogP contribution >= 0.6 is 0 Å². The molecule has 3 rings (SSSR count). The Hall–Kier alpha value is -3.95. The van der Waals surface area contributed by atoms with Crippen LogP contribution < -0.4 is 10.7 Å². The smallest absolute Gasteiger partial charge is 0.422 e. The second kappa shape index (κ2) is 14.1. The minimum atomic E-state index is -1.06. The highest BCUT2D eigenvalue weighted by molar-refractivity contribution is 5.68. The summed E-state index contributed by atoms with van der Waals surface area (Å²) < 4.78 is 10.9. The number of aliphatic hydroxyl groups is 1. The highest BCUT2D eigenvalue weighted by atomic mass is 16.6. The van der Waals surface area contributed by atoms with Crippen molar-refractivity contribution in [2.45, 2.75) is 77.9 Å². The van der Waals surface area contributed by atoms with Gasteiger partial charge < -0.3 is 19.9 Å². The molecule has 0 saturated heterocycles. The summed E-state index contributed by atoms with van der Waals surface area (Å²) >= 11 is 0. The lowest BCUT2D eigenvalue weighted by atomic mass is 10.1. The molecule has 0 bridgehead atoms. The van der Waals surface area contributed by atoms with Gasteiger partial charge in [0.15, 0.2) is 0 Å². The lowest BCUT2D eigenvalue weighted by molar-refractivity contribution is 0.0106. The number of hydrogen-bond acceptors (Lipinski definition) is 7. The number of ether oxygens (including phenoxy) is 2. The molecule has 2 amide bonds. The fourth-order valence-corrected chi connectivity index (χ4v) is 4.08. The van der Waals surface area contributed by atoms with Gasteiger partial charge in [0.1, 0.15) is 11.2 Å². The Bertz CT molecular complexity index is 1240. The number of carbonyl (C=O) groups is 2. The van der Waals surface area contributed by atoms with Crippen LogP contribution in [0.5, 0.6) is 0 Å². The molecule has 3 aromatic rings. The van der Waals surface area contributed by atoms with Gasteiger partial charge in [-0.3, -0.25) is 10.4 Å². The van der Waals surface area contributed by atoms with Crippen molar-refractivity contribution in [3.8, 4) is 11.3 Å². The summed E-state index contributed by atoms with van der Waals surface area (Å²) in [6.45, 7) is 11.0. The molecule has 9 heteroatoms. The number of benzene rings is 2. The van der Waals surface area contributed by atoms with Crippen LogP contribution in [0.2, 0.25) is 0 Å². The maximum absolute atomic E-state index is 12.7. The SMILES string of the molecule is CC(C)(C)OC(=O)N[C@@H](C[13c]1[13cH][13cH][13cH][13cH][13cH]1)[C@@H](O)CN(Cc1ccc(-c2ccccn2)cc1)NC(=O)OC(C)(C)C. The van der Waals surface area contributed by atoms with Gasteiger partial charge in [0.25, 0.3) is 0 Å². The summed E-state index contributed by atoms with van der Waals surface area (Å²) in [5.41, 5.74) is 5.02. The molecule has 0 fully saturated rings. The fourth-order valence-electron chi connectivity index (χ4n) is 4.08. The molecule has 220 valence electrons. The Morgan fingerprint density at radius 3 is 2.02 bits per heavy atom. The van der Waals surface area contributed by atoms with Crippen LogP contribution in [0.15, 0.2) is 79.0 Å². The van der Waals surface area contributed by atoms with E-state index in [1.165, 1.54) is 0 Å². The number of alkyl carbamates (subject to hydrolysis) is 1. The van der Waals surface area contributed by atoms with Gasteiger partial charge in [-0.2, -0.15) is 0 Å². The zero-order valence-electron chi connectivity index (χ0n) is 24.8. The molecule has 0 aliphatic heterocycles. The van der Waals surface area contributed by atoms with Crippen molar-refractivity contribution in [1.29, 1.82) is 0 Å². The minimum absolute atomic E-state index is 0.00847. The van der Waals surface area contributed by atoms with Crippen LogP contribution in [0.1, 0.15) is 52.7 Å². The molecule has 3 N–H and O–H groups in total. The molecule has 0 radical (unpaired) electrons. The number of hydrogen-bond donors (Lipinski definition) is 3. The second-order valence-electron chi connectivity index (χ2n) is 11.9. The van der Waals surface area contributed by atoms with Crippen LogP contribution in [0.4, 0.5) is 9.59 Å². The number of amides is 2. The predicted molar refractivity (Wildman–Crippen MR) is 159 cm³/mol. The molecule has 0 spiro atoms. The first-order valence-corrected chi connectivity index (χ1v) is 13.7. The minimum Gasteiger partial charge on any atom is -0.444 e. The molecule has 2 atom stereocenters. The maximum Gasteiger partial charge on any atom is 0.422 e. The van der Waals surface area contributed by atoms with Crippen molar-refractivity contribution in [1.82, 2.24) is 20.7 Å². The summed E-state index contributed by atoms with van der Waals surface area (Å²) in [5, 5.41) is 15.8. The van der Waals surface area contributed by atoms with Gasteiger partial charge in [0, 0.05) is 24.8 Å². The van der Waals surface area contributed by atoms with Crippen LogP contribution in [0, 0.1) is 0 Å². The van der Waals surface area contributed by atoms with Crippen LogP contribution in [0.3, 0.4) is 0 Å². The molecular weight excluding hydrogens is 526 g/mol. The van der Waals surface area contributed by atoms with E-state index in [0.29, 0.717) is 6.42 Å². The number of aromatic nitrogens is 1. The monoisotopic (exact) mass is 568 g/mol. The van der Waals surface area contributed by atoms with Crippen molar-refractivity contribution < 1.29 is 24.2 Å². The number of aliphatic hydroxyl groups excluding tert-OH is 1. The van der Waals surface area contributed by atoms with Crippen molar-refractivity contribution in [2.75, 3.05) is 6.54 Å². The summed E-state index contributed by atoms with van der Waals surface area (Å²) in [4.78, 5) is 29.8. The molecule has 0 aliphatic carbocycles. The first-order valence-electron chi connectivity index (χ1n) is 13.7. The Morgan fingerprint density at radius 1 is 0.829 bits per heavy atom. The van der Waals surface area contributed by atoms with E-state index in [2.05, 4.69) is 15.7 Å². The molecule has 9 nitrogen and oxygen atoms in total. The number of nitrogens with one attached hydrogen (secondary N) is 2. The average molecular weight is 569 g/mol. The van der Waals surface area contributed by atoms with E-state index in [9.17, 15) is 14.7 Å². The zero-order valence-corrected chi connectivity index (χ0v) is 24.8. The third kappa shape index (κ3) is 11.6. The van der Waals surface area contributed by atoms with Gasteiger partial charge >= 0.3 is 12.2 Å². The summed E-state index contributed by atoms with van der Waals surface area (Å²) in [6, 6.07) is 22.4. The van der Waals surface area contributed by atoms with Crippen molar-refractivity contribution in [3.63, 3.8) is 0 Å².